The molecule has 3 aliphatic rings. The Kier molecular flexibility index (Phi) is 9.63. The first-order chi connectivity index (χ1) is 23.1. The summed E-state index contributed by atoms with van der Waals surface area (Å²) in [5.74, 6) is -2.22. The van der Waals surface area contributed by atoms with Gasteiger partial charge in [0.05, 0.1) is 18.0 Å². The lowest BCUT2D eigenvalue weighted by molar-refractivity contribution is -0.152. The van der Waals surface area contributed by atoms with Crippen LogP contribution in [0.5, 0.6) is 0 Å². The minimum absolute atomic E-state index is 0.0432. The van der Waals surface area contributed by atoms with Crippen LogP contribution < -0.4 is 5.32 Å². The minimum Gasteiger partial charge on any atom is -0.370 e. The number of nitrogens with one attached hydrogen (secondary N) is 1. The van der Waals surface area contributed by atoms with E-state index in [0.29, 0.717) is 42.6 Å². The van der Waals surface area contributed by atoms with Crippen LogP contribution >= 0.6 is 18.9 Å². The van der Waals surface area contributed by atoms with E-state index in [2.05, 4.69) is 5.32 Å². The average molecular weight is 723 g/mol. The Morgan fingerprint density at radius 3 is 2.43 bits per heavy atom. The van der Waals surface area contributed by atoms with Crippen LogP contribution in [0, 0.1) is 5.82 Å². The molecule has 4 atom stereocenters. The highest BCUT2D eigenvalue weighted by molar-refractivity contribution is 7.52. The first kappa shape index (κ1) is 35.0. The molecule has 3 saturated heterocycles. The number of hydrogen-bond acceptors (Lipinski definition) is 7. The van der Waals surface area contributed by atoms with Crippen molar-refractivity contribution in [1.29, 1.82) is 0 Å². The molecule has 4 heterocycles. The molecule has 3 fully saturated rings. The summed E-state index contributed by atoms with van der Waals surface area (Å²) in [6, 6.07) is 7.72. The number of carbonyl (C=O) groups is 4. The van der Waals surface area contributed by atoms with Gasteiger partial charge in [-0.25, -0.2) is 4.39 Å². The maximum atomic E-state index is 14.3. The minimum atomic E-state index is -5.81. The summed E-state index contributed by atoms with van der Waals surface area (Å²) < 4.78 is 59.8. The largest absolute Gasteiger partial charge is 0.399 e. The highest BCUT2D eigenvalue weighted by Crippen LogP contribution is 2.59. The number of alkyl halides is 2. The number of benzene rings is 2. The van der Waals surface area contributed by atoms with E-state index in [1.807, 2.05) is 0 Å². The molecule has 1 unspecified atom stereocenters. The second-order valence-electron chi connectivity index (χ2n) is 12.4. The molecule has 2 aromatic carbocycles. The predicted octanol–water partition coefficient (Wildman–Crippen LogP) is 3.58. The second-order valence-corrected chi connectivity index (χ2v) is 15.1. The summed E-state index contributed by atoms with van der Waals surface area (Å²) in [5, 5.41) is 2.83. The number of morpholine rings is 1. The van der Waals surface area contributed by atoms with Crippen molar-refractivity contribution in [3.63, 3.8) is 0 Å². The molecule has 0 spiro atoms. The Morgan fingerprint density at radius 1 is 1.00 bits per heavy atom. The number of halogens is 3. The van der Waals surface area contributed by atoms with Gasteiger partial charge in [-0.3, -0.25) is 23.7 Å². The van der Waals surface area contributed by atoms with Crippen LogP contribution in [0.25, 0.3) is 10.1 Å². The van der Waals surface area contributed by atoms with E-state index in [-0.39, 0.29) is 47.8 Å². The van der Waals surface area contributed by atoms with Crippen LogP contribution in [-0.4, -0.2) is 99.0 Å². The van der Waals surface area contributed by atoms with Crippen molar-refractivity contribution in [2.75, 3.05) is 32.8 Å². The van der Waals surface area contributed by atoms with Crippen LogP contribution in [-0.2, 0) is 29.3 Å². The van der Waals surface area contributed by atoms with Crippen LogP contribution in [0.2, 0.25) is 0 Å². The summed E-state index contributed by atoms with van der Waals surface area (Å²) in [6.07, 6.45) is 0.856. The third-order valence-corrected chi connectivity index (χ3v) is 11.4. The van der Waals surface area contributed by atoms with Crippen LogP contribution in [0.1, 0.15) is 53.1 Å². The Bertz CT molecular complexity index is 1840. The van der Waals surface area contributed by atoms with Gasteiger partial charge in [-0.2, -0.15) is 8.78 Å². The Morgan fingerprint density at radius 2 is 1.73 bits per heavy atom. The third-order valence-electron chi connectivity index (χ3n) is 9.30. The number of fused-ring (bicyclic) bond motifs is 2. The summed E-state index contributed by atoms with van der Waals surface area (Å²) in [5.41, 5.74) is -4.63. The molecule has 262 valence electrons. The van der Waals surface area contributed by atoms with Crippen molar-refractivity contribution in [3.8, 4) is 0 Å². The molecule has 0 bridgehead atoms. The normalized spacial score (nSPS) is 23.6. The molecule has 3 N–H and O–H groups in total. The van der Waals surface area contributed by atoms with Crippen molar-refractivity contribution in [3.05, 3.63) is 70.4 Å². The summed E-state index contributed by atoms with van der Waals surface area (Å²) in [4.78, 5) is 77.2. The molecule has 49 heavy (non-hydrogen) atoms. The molecule has 17 heteroatoms. The standard InChI is InChI=1S/C32H34F3N4O8PS/c1-18(40)37-11-10-23-7-8-25(31(43)38-12-13-47-26(17-38)19-2-5-22(33)6-3-19)39(23)30(42)24(16-37)36-29(41)28-15-20-14-21(4-9-27(20)49-28)32(34,35)48(44,45)46/h2-6,9,14-15,23-26H,7-8,10-13,16-17H2,1H3,(H,36,41)(H2,44,45,46)/t23-,24+,25+,26?/m1/s1. The summed E-state index contributed by atoms with van der Waals surface area (Å²) in [6.45, 7) is 2.25. The van der Waals surface area contributed by atoms with E-state index in [1.54, 1.807) is 17.0 Å². The van der Waals surface area contributed by atoms with Crippen LogP contribution in [0.4, 0.5) is 13.2 Å². The van der Waals surface area contributed by atoms with E-state index in [0.717, 1.165) is 23.5 Å². The number of nitrogens with zero attached hydrogens (tertiary/aromatic N) is 3. The van der Waals surface area contributed by atoms with Crippen molar-refractivity contribution in [1.82, 2.24) is 20.0 Å². The fourth-order valence-corrected chi connectivity index (χ4v) is 8.11. The Labute approximate surface area is 282 Å². The van der Waals surface area contributed by atoms with Crippen molar-refractivity contribution in [2.45, 2.75) is 56.1 Å². The van der Waals surface area contributed by atoms with E-state index in [1.165, 1.54) is 41.0 Å². The Hall–Kier alpha value is -3.82. The number of rotatable bonds is 6. The number of amides is 4. The van der Waals surface area contributed by atoms with Gasteiger partial charge in [0.15, 0.2) is 0 Å². The van der Waals surface area contributed by atoms with Crippen LogP contribution in [0.3, 0.4) is 0 Å². The van der Waals surface area contributed by atoms with Gasteiger partial charge in [0, 0.05) is 42.9 Å². The van der Waals surface area contributed by atoms with E-state index >= 15 is 0 Å². The first-order valence-electron chi connectivity index (χ1n) is 15.7. The molecule has 12 nitrogen and oxygen atoms in total. The topological polar surface area (TPSA) is 157 Å². The number of thiophene rings is 1. The summed E-state index contributed by atoms with van der Waals surface area (Å²) in [7, 11) is -5.81. The van der Waals surface area contributed by atoms with Gasteiger partial charge in [0.2, 0.25) is 17.7 Å². The summed E-state index contributed by atoms with van der Waals surface area (Å²) >= 11 is 0.931. The number of ether oxygens (including phenoxy) is 1. The van der Waals surface area contributed by atoms with Crippen LogP contribution in [0.15, 0.2) is 48.5 Å². The van der Waals surface area contributed by atoms with Crippen molar-refractivity contribution in [2.24, 2.45) is 0 Å². The number of carbonyl (C=O) groups excluding carboxylic acids is 4. The third kappa shape index (κ3) is 6.97. The molecular formula is C32H34F3N4O8PS. The SMILES string of the molecule is CC(=O)N1CC[C@H]2CC[C@@H](C(=O)N3CCOC(c4ccc(F)cc4)C3)N2C(=O)[C@@H](NC(=O)c2cc3cc(C(F)(F)P(=O)(O)O)ccc3s2)C1. The highest BCUT2D eigenvalue weighted by atomic mass is 32.1. The molecule has 0 saturated carbocycles. The molecule has 3 aliphatic heterocycles. The molecule has 4 amide bonds. The molecule has 6 rings (SSSR count). The van der Waals surface area contributed by atoms with Gasteiger partial charge in [0.1, 0.15) is 24.0 Å². The molecule has 3 aromatic rings. The molecular weight excluding hydrogens is 688 g/mol. The zero-order valence-corrected chi connectivity index (χ0v) is 28.0. The average Bonchev–Trinajstić information content (AvgIpc) is 3.68. The fraction of sp³-hybridized carbons (Fsp3) is 0.438. The second kappa shape index (κ2) is 13.5. The lowest BCUT2D eigenvalue weighted by Crippen LogP contribution is -2.61. The van der Waals surface area contributed by atoms with Gasteiger partial charge in [-0.1, -0.05) is 18.2 Å². The Balaban J connectivity index is 1.23. The van der Waals surface area contributed by atoms with Crippen molar-refractivity contribution < 1.29 is 51.4 Å². The highest BCUT2D eigenvalue weighted by Gasteiger charge is 2.50. The smallest absolute Gasteiger partial charge is 0.370 e. The maximum absolute atomic E-state index is 14.3. The lowest BCUT2D eigenvalue weighted by atomic mass is 10.1. The fourth-order valence-electron chi connectivity index (χ4n) is 6.69. The number of hydrogen-bond donors (Lipinski definition) is 3. The maximum Gasteiger partial charge on any atom is 0.399 e. The van der Waals surface area contributed by atoms with E-state index in [9.17, 15) is 36.9 Å². The zero-order chi connectivity index (χ0) is 35.2. The first-order valence-corrected chi connectivity index (χ1v) is 18.1. The zero-order valence-electron chi connectivity index (χ0n) is 26.3. The van der Waals surface area contributed by atoms with E-state index in [4.69, 9.17) is 14.5 Å². The molecule has 1 aromatic heterocycles. The van der Waals surface area contributed by atoms with Gasteiger partial charge in [-0.15, -0.1) is 11.3 Å². The van der Waals surface area contributed by atoms with Gasteiger partial charge in [-0.05, 0) is 60.5 Å². The van der Waals surface area contributed by atoms with Gasteiger partial charge < -0.3 is 34.5 Å². The quantitative estimate of drug-likeness (QED) is 0.326. The molecule has 0 aliphatic carbocycles. The monoisotopic (exact) mass is 722 g/mol. The molecule has 0 radical (unpaired) electrons. The predicted molar refractivity (Wildman–Crippen MR) is 171 cm³/mol. The van der Waals surface area contributed by atoms with E-state index < -0.39 is 54.6 Å². The van der Waals surface area contributed by atoms with Crippen molar-refractivity contribution >= 4 is 52.6 Å². The lowest BCUT2D eigenvalue weighted by Gasteiger charge is -2.40. The van der Waals surface area contributed by atoms with Gasteiger partial charge >= 0.3 is 13.3 Å². The van der Waals surface area contributed by atoms with Gasteiger partial charge in [0.25, 0.3) is 5.91 Å².